The molecular formula is C13H13N3O2. The summed E-state index contributed by atoms with van der Waals surface area (Å²) >= 11 is 0. The third-order valence-corrected chi connectivity index (χ3v) is 2.40. The lowest BCUT2D eigenvalue weighted by Crippen LogP contribution is -2.23. The monoisotopic (exact) mass is 243 g/mol. The lowest BCUT2D eigenvalue weighted by molar-refractivity contribution is 0.0950. The van der Waals surface area contributed by atoms with E-state index in [-0.39, 0.29) is 12.5 Å². The van der Waals surface area contributed by atoms with Crippen molar-refractivity contribution in [1.82, 2.24) is 15.3 Å². The van der Waals surface area contributed by atoms with E-state index in [9.17, 15) is 4.79 Å². The van der Waals surface area contributed by atoms with Crippen LogP contribution >= 0.6 is 0 Å². The summed E-state index contributed by atoms with van der Waals surface area (Å²) in [6, 6.07) is 8.69. The fourth-order valence-electron chi connectivity index (χ4n) is 1.48. The molecule has 18 heavy (non-hydrogen) atoms. The highest BCUT2D eigenvalue weighted by Crippen LogP contribution is 2.02. The van der Waals surface area contributed by atoms with Crippen LogP contribution in [0.5, 0.6) is 0 Å². The lowest BCUT2D eigenvalue weighted by Gasteiger charge is -2.05. The fraction of sp³-hybridized carbons (Fsp3) is 0.154. The quantitative estimate of drug-likeness (QED) is 0.836. The van der Waals surface area contributed by atoms with Crippen LogP contribution in [-0.4, -0.2) is 21.0 Å². The second-order valence-corrected chi connectivity index (χ2v) is 3.70. The molecule has 5 heteroatoms. The summed E-state index contributed by atoms with van der Waals surface area (Å²) in [5, 5.41) is 11.7. The van der Waals surface area contributed by atoms with Crippen molar-refractivity contribution in [2.75, 3.05) is 0 Å². The molecule has 2 heterocycles. The minimum absolute atomic E-state index is 0.179. The average molecular weight is 243 g/mol. The van der Waals surface area contributed by atoms with Gasteiger partial charge in [-0.3, -0.25) is 14.8 Å². The average Bonchev–Trinajstić information content (AvgIpc) is 2.46. The maximum atomic E-state index is 11.8. The Balaban J connectivity index is 1.99. The molecule has 2 rings (SSSR count). The molecule has 0 spiro atoms. The smallest absolute Gasteiger partial charge is 0.251 e. The number of hydrogen-bond donors (Lipinski definition) is 2. The Hall–Kier alpha value is -2.27. The predicted octanol–water partition coefficient (Wildman–Crippen LogP) is 0.899. The predicted molar refractivity (Wildman–Crippen MR) is 65.6 cm³/mol. The number of hydrogen-bond acceptors (Lipinski definition) is 4. The molecule has 0 aliphatic heterocycles. The third-order valence-electron chi connectivity index (χ3n) is 2.40. The minimum Gasteiger partial charge on any atom is -0.390 e. The molecule has 0 atom stereocenters. The summed E-state index contributed by atoms with van der Waals surface area (Å²) in [5.41, 5.74) is 1.74. The van der Waals surface area contributed by atoms with Gasteiger partial charge in [0.15, 0.2) is 0 Å². The number of aliphatic hydroxyl groups is 1. The third kappa shape index (κ3) is 3.11. The highest BCUT2D eigenvalue weighted by atomic mass is 16.3. The first-order valence-electron chi connectivity index (χ1n) is 5.53. The molecule has 0 fully saturated rings. The van der Waals surface area contributed by atoms with Crippen molar-refractivity contribution in [3.8, 4) is 0 Å². The van der Waals surface area contributed by atoms with Gasteiger partial charge < -0.3 is 10.4 Å². The zero-order valence-electron chi connectivity index (χ0n) is 9.71. The van der Waals surface area contributed by atoms with Crippen LogP contribution in [0.2, 0.25) is 0 Å². The molecule has 0 saturated heterocycles. The second-order valence-electron chi connectivity index (χ2n) is 3.70. The number of carbonyl (C=O) groups excluding carboxylic acids is 1. The van der Waals surface area contributed by atoms with Gasteiger partial charge in [0.2, 0.25) is 0 Å². The molecule has 0 unspecified atom stereocenters. The van der Waals surface area contributed by atoms with Crippen molar-refractivity contribution < 1.29 is 9.90 Å². The maximum absolute atomic E-state index is 11.8. The van der Waals surface area contributed by atoms with Crippen LogP contribution in [0.15, 0.2) is 42.7 Å². The molecular weight excluding hydrogens is 230 g/mol. The first-order valence-corrected chi connectivity index (χ1v) is 5.53. The van der Waals surface area contributed by atoms with Gasteiger partial charge in [0.1, 0.15) is 0 Å². The molecule has 0 bridgehead atoms. The summed E-state index contributed by atoms with van der Waals surface area (Å²) < 4.78 is 0. The van der Waals surface area contributed by atoms with E-state index in [1.165, 1.54) is 6.20 Å². The van der Waals surface area contributed by atoms with E-state index in [4.69, 9.17) is 5.11 Å². The number of aliphatic hydroxyl groups excluding tert-OH is 1. The Kier molecular flexibility index (Phi) is 3.98. The van der Waals surface area contributed by atoms with Crippen molar-refractivity contribution in [1.29, 1.82) is 0 Å². The van der Waals surface area contributed by atoms with Crippen molar-refractivity contribution in [3.05, 3.63) is 59.7 Å². The Morgan fingerprint density at radius 2 is 2.00 bits per heavy atom. The molecule has 0 saturated carbocycles. The lowest BCUT2D eigenvalue weighted by atomic mass is 10.2. The number of pyridine rings is 2. The van der Waals surface area contributed by atoms with Crippen molar-refractivity contribution >= 4 is 5.91 Å². The van der Waals surface area contributed by atoms with Crippen LogP contribution in [0.1, 0.15) is 21.7 Å². The molecule has 2 N–H and O–H groups in total. The molecule has 0 aliphatic rings. The van der Waals surface area contributed by atoms with Crippen LogP contribution in [0.3, 0.4) is 0 Å². The normalized spacial score (nSPS) is 10.1. The van der Waals surface area contributed by atoms with Gasteiger partial charge in [-0.1, -0.05) is 6.07 Å². The van der Waals surface area contributed by atoms with Crippen LogP contribution in [0.4, 0.5) is 0 Å². The van der Waals surface area contributed by atoms with Gasteiger partial charge in [-0.2, -0.15) is 0 Å². The number of amides is 1. The molecule has 0 aromatic carbocycles. The Bertz CT molecular complexity index is 529. The van der Waals surface area contributed by atoms with Gasteiger partial charge in [0, 0.05) is 18.0 Å². The largest absolute Gasteiger partial charge is 0.390 e. The summed E-state index contributed by atoms with van der Waals surface area (Å²) in [4.78, 5) is 19.9. The Morgan fingerprint density at radius 1 is 1.17 bits per heavy atom. The highest BCUT2D eigenvalue weighted by Gasteiger charge is 2.06. The van der Waals surface area contributed by atoms with Gasteiger partial charge >= 0.3 is 0 Å². The highest BCUT2D eigenvalue weighted by molar-refractivity contribution is 5.94. The number of rotatable bonds is 4. The molecule has 0 aliphatic carbocycles. The molecule has 2 aromatic heterocycles. The Labute approximate surface area is 105 Å². The minimum atomic E-state index is -0.210. The molecule has 0 radical (unpaired) electrons. The van der Waals surface area contributed by atoms with E-state index >= 15 is 0 Å². The van der Waals surface area contributed by atoms with Gasteiger partial charge in [-0.25, -0.2) is 0 Å². The van der Waals surface area contributed by atoms with Crippen molar-refractivity contribution in [2.45, 2.75) is 13.2 Å². The van der Waals surface area contributed by atoms with E-state index in [0.29, 0.717) is 17.8 Å². The number of nitrogens with one attached hydrogen (secondary N) is 1. The van der Waals surface area contributed by atoms with Gasteiger partial charge in [-0.15, -0.1) is 0 Å². The summed E-state index contributed by atoms with van der Waals surface area (Å²) in [6.45, 7) is 0.192. The first kappa shape index (κ1) is 12.2. The number of aromatic nitrogens is 2. The second kappa shape index (κ2) is 5.88. The summed E-state index contributed by atoms with van der Waals surface area (Å²) in [7, 11) is 0. The zero-order valence-corrected chi connectivity index (χ0v) is 9.71. The van der Waals surface area contributed by atoms with Gasteiger partial charge in [-0.05, 0) is 24.3 Å². The Morgan fingerprint density at radius 3 is 2.72 bits per heavy atom. The van der Waals surface area contributed by atoms with Crippen LogP contribution < -0.4 is 5.32 Å². The summed E-state index contributed by atoms with van der Waals surface area (Å²) in [6.07, 6.45) is 3.18. The van der Waals surface area contributed by atoms with E-state index in [1.54, 1.807) is 18.3 Å². The number of carbonyl (C=O) groups is 1. The van der Waals surface area contributed by atoms with Crippen LogP contribution in [-0.2, 0) is 13.2 Å². The van der Waals surface area contributed by atoms with E-state index in [2.05, 4.69) is 15.3 Å². The van der Waals surface area contributed by atoms with E-state index in [1.807, 2.05) is 18.2 Å². The fourth-order valence-corrected chi connectivity index (χ4v) is 1.48. The zero-order chi connectivity index (χ0) is 12.8. The topological polar surface area (TPSA) is 75.1 Å². The summed E-state index contributed by atoms with van der Waals surface area (Å²) in [5.74, 6) is -0.210. The number of nitrogens with zero attached hydrogens (tertiary/aromatic N) is 2. The van der Waals surface area contributed by atoms with E-state index < -0.39 is 0 Å². The maximum Gasteiger partial charge on any atom is 0.251 e. The van der Waals surface area contributed by atoms with Gasteiger partial charge in [0.05, 0.1) is 24.5 Å². The standard InChI is InChI=1S/C13H13N3O2/c17-9-12-7-10(4-6-15-12)13(18)16-8-11-3-1-2-5-14-11/h1-7,17H,8-9H2,(H,16,18). The van der Waals surface area contributed by atoms with Crippen molar-refractivity contribution in [2.24, 2.45) is 0 Å². The SMILES string of the molecule is O=C(NCc1ccccn1)c1ccnc(CO)c1. The first-order chi connectivity index (χ1) is 8.79. The van der Waals surface area contributed by atoms with Crippen LogP contribution in [0.25, 0.3) is 0 Å². The van der Waals surface area contributed by atoms with Gasteiger partial charge in [0.25, 0.3) is 5.91 Å². The molecule has 92 valence electrons. The van der Waals surface area contributed by atoms with E-state index in [0.717, 1.165) is 5.69 Å². The molecule has 5 nitrogen and oxygen atoms in total. The molecule has 2 aromatic rings. The molecule has 1 amide bonds. The van der Waals surface area contributed by atoms with Crippen molar-refractivity contribution in [3.63, 3.8) is 0 Å². The van der Waals surface area contributed by atoms with Crippen LogP contribution in [0, 0.1) is 0 Å².